The Morgan fingerprint density at radius 3 is 2.23 bits per heavy atom. The molecule has 0 fully saturated rings. The molecule has 1 heterocycles. The van der Waals surface area contributed by atoms with Crippen LogP contribution in [0.15, 0.2) is 80.2 Å². The molecule has 0 spiro atoms. The molecule has 22 heavy (non-hydrogen) atoms. The number of rotatable bonds is 0. The van der Waals surface area contributed by atoms with E-state index in [4.69, 9.17) is 0 Å². The molecule has 0 saturated carbocycles. The molecule has 0 unspecified atom stereocenters. The van der Waals surface area contributed by atoms with Gasteiger partial charge in [-0.1, -0.05) is 50.3 Å². The molecule has 0 N–H and O–H groups in total. The molecule has 0 aromatic rings. The summed E-state index contributed by atoms with van der Waals surface area (Å²) < 4.78 is 0. The zero-order valence-corrected chi connectivity index (χ0v) is 13.2. The normalized spacial score (nSPS) is 37.7. The fraction of sp³-hybridized carbons (Fsp3) is 0.400. The van der Waals surface area contributed by atoms with Crippen molar-refractivity contribution in [1.29, 1.82) is 0 Å². The lowest BCUT2D eigenvalue weighted by atomic mass is 9.44. The highest BCUT2D eigenvalue weighted by atomic mass is 15.1. The largest absolute Gasteiger partial charge is 0.188 e. The fourth-order valence-electron chi connectivity index (χ4n) is 5.20. The predicted octanol–water partition coefficient (Wildman–Crippen LogP) is 5.21. The molecule has 0 saturated heterocycles. The van der Waals surface area contributed by atoms with Gasteiger partial charge in [0, 0.05) is 10.8 Å². The maximum Gasteiger partial charge on any atom is 0.0926 e. The highest BCUT2D eigenvalue weighted by molar-refractivity contribution is 5.69. The van der Waals surface area contributed by atoms with Crippen LogP contribution in [0.1, 0.15) is 33.1 Å². The predicted molar refractivity (Wildman–Crippen MR) is 88.3 cm³/mol. The fourth-order valence-corrected chi connectivity index (χ4v) is 5.20. The highest BCUT2D eigenvalue weighted by Crippen LogP contribution is 2.68. The quantitative estimate of drug-likeness (QED) is 0.585. The second-order valence-electron chi connectivity index (χ2n) is 7.15. The first-order valence-corrected chi connectivity index (χ1v) is 8.29. The number of azo groups is 1. The van der Waals surface area contributed by atoms with E-state index in [1.165, 1.54) is 33.6 Å². The molecule has 2 nitrogen and oxygen atoms in total. The number of allylic oxidation sites excluding steroid dienone is 10. The van der Waals surface area contributed by atoms with Gasteiger partial charge in [0.2, 0.25) is 0 Å². The lowest BCUT2D eigenvalue weighted by Crippen LogP contribution is -2.50. The van der Waals surface area contributed by atoms with E-state index < -0.39 is 0 Å². The van der Waals surface area contributed by atoms with Crippen molar-refractivity contribution >= 4 is 0 Å². The van der Waals surface area contributed by atoms with Crippen LogP contribution in [0.5, 0.6) is 0 Å². The van der Waals surface area contributed by atoms with Crippen LogP contribution in [0, 0.1) is 10.8 Å². The van der Waals surface area contributed by atoms with Crippen molar-refractivity contribution in [2.24, 2.45) is 21.1 Å². The molecule has 5 rings (SSSR count). The van der Waals surface area contributed by atoms with Crippen LogP contribution in [0.3, 0.4) is 0 Å². The summed E-state index contributed by atoms with van der Waals surface area (Å²) in [6, 6.07) is 0. The van der Waals surface area contributed by atoms with Crippen LogP contribution in [0.4, 0.5) is 0 Å². The standard InChI is InChI=1S/C20H20N2/c1-19-13-5-3-7-16(19)15-11-12-21-22-18(15)17-8-4-6-14(10-9-13)20(17,19)2/h5-10H,3-4,11-12H2,1-2H3/t19-,20-/m1/s1. The summed E-state index contributed by atoms with van der Waals surface area (Å²) in [6.07, 6.45) is 17.4. The Kier molecular flexibility index (Phi) is 2.21. The summed E-state index contributed by atoms with van der Waals surface area (Å²) in [4.78, 5) is 0. The van der Waals surface area contributed by atoms with Gasteiger partial charge in [0.1, 0.15) is 0 Å². The summed E-state index contributed by atoms with van der Waals surface area (Å²) in [5, 5.41) is 8.96. The van der Waals surface area contributed by atoms with Gasteiger partial charge in [0.15, 0.2) is 0 Å². The summed E-state index contributed by atoms with van der Waals surface area (Å²) in [5.74, 6) is 0. The van der Waals surface area contributed by atoms with E-state index in [0.717, 1.165) is 25.8 Å². The maximum absolute atomic E-state index is 4.61. The summed E-state index contributed by atoms with van der Waals surface area (Å²) in [6.45, 7) is 5.68. The molecule has 110 valence electrons. The molecule has 0 amide bonds. The van der Waals surface area contributed by atoms with Crippen LogP contribution < -0.4 is 0 Å². The monoisotopic (exact) mass is 288 g/mol. The molecule has 0 aromatic heterocycles. The van der Waals surface area contributed by atoms with Crippen LogP contribution in [-0.2, 0) is 0 Å². The summed E-state index contributed by atoms with van der Waals surface area (Å²) in [7, 11) is 0. The van der Waals surface area contributed by atoms with Crippen LogP contribution in [0.25, 0.3) is 0 Å². The maximum atomic E-state index is 4.61. The lowest BCUT2D eigenvalue weighted by molar-refractivity contribution is 0.233. The van der Waals surface area contributed by atoms with E-state index in [9.17, 15) is 0 Å². The van der Waals surface area contributed by atoms with Gasteiger partial charge < -0.3 is 0 Å². The zero-order valence-electron chi connectivity index (χ0n) is 13.2. The smallest absolute Gasteiger partial charge is 0.0926 e. The van der Waals surface area contributed by atoms with Crippen molar-refractivity contribution in [1.82, 2.24) is 0 Å². The summed E-state index contributed by atoms with van der Waals surface area (Å²) in [5.41, 5.74) is 8.49. The van der Waals surface area contributed by atoms with E-state index in [1.807, 2.05) is 0 Å². The molecule has 5 aliphatic rings. The number of nitrogens with zero attached hydrogens (tertiary/aromatic N) is 2. The lowest BCUT2D eigenvalue weighted by Gasteiger charge is -2.58. The van der Waals surface area contributed by atoms with Gasteiger partial charge in [-0.25, -0.2) is 0 Å². The Balaban J connectivity index is 1.92. The van der Waals surface area contributed by atoms with Crippen LogP contribution in [-0.4, -0.2) is 6.54 Å². The van der Waals surface area contributed by atoms with Gasteiger partial charge >= 0.3 is 0 Å². The van der Waals surface area contributed by atoms with Crippen molar-refractivity contribution < 1.29 is 0 Å². The summed E-state index contributed by atoms with van der Waals surface area (Å²) >= 11 is 0. The van der Waals surface area contributed by atoms with Crippen molar-refractivity contribution in [2.75, 3.05) is 6.54 Å². The molecule has 4 aliphatic carbocycles. The van der Waals surface area contributed by atoms with E-state index in [2.05, 4.69) is 60.5 Å². The SMILES string of the molecule is C[C@@]12C3=CCC=C1C1=C(N=NCC1)C1=CCC=C(C=C3)[C@]12C. The third-order valence-electron chi connectivity index (χ3n) is 6.49. The molecule has 2 atom stereocenters. The molecule has 2 heteroatoms. The first-order valence-electron chi connectivity index (χ1n) is 8.29. The van der Waals surface area contributed by atoms with Crippen molar-refractivity contribution in [3.8, 4) is 0 Å². The van der Waals surface area contributed by atoms with Crippen molar-refractivity contribution in [2.45, 2.75) is 33.1 Å². The van der Waals surface area contributed by atoms with Gasteiger partial charge in [-0.05, 0) is 47.1 Å². The molecular formula is C20H20N2. The minimum atomic E-state index is -0.00667. The van der Waals surface area contributed by atoms with Gasteiger partial charge in [-0.2, -0.15) is 10.2 Å². The number of fused-ring (bicyclic) bond motifs is 2. The Labute approximate surface area is 131 Å². The Hall–Kier alpha value is -1.96. The molecule has 0 bridgehead atoms. The minimum Gasteiger partial charge on any atom is -0.188 e. The first-order chi connectivity index (χ1) is 10.7. The molecular weight excluding hydrogens is 268 g/mol. The Morgan fingerprint density at radius 2 is 1.50 bits per heavy atom. The van der Waals surface area contributed by atoms with E-state index >= 15 is 0 Å². The van der Waals surface area contributed by atoms with Gasteiger partial charge in [-0.3, -0.25) is 0 Å². The third kappa shape index (κ3) is 1.17. The highest BCUT2D eigenvalue weighted by Gasteiger charge is 2.59. The van der Waals surface area contributed by atoms with E-state index in [1.54, 1.807) is 0 Å². The van der Waals surface area contributed by atoms with Crippen molar-refractivity contribution in [3.63, 3.8) is 0 Å². The van der Waals surface area contributed by atoms with E-state index in [-0.39, 0.29) is 10.8 Å². The molecule has 1 aliphatic heterocycles. The Morgan fingerprint density at radius 1 is 0.864 bits per heavy atom. The van der Waals surface area contributed by atoms with Gasteiger partial charge in [0.25, 0.3) is 0 Å². The molecule has 0 radical (unpaired) electrons. The van der Waals surface area contributed by atoms with Crippen LogP contribution in [0.2, 0.25) is 0 Å². The van der Waals surface area contributed by atoms with Gasteiger partial charge in [-0.15, -0.1) is 0 Å². The second-order valence-corrected chi connectivity index (χ2v) is 7.15. The first kappa shape index (κ1) is 12.6. The average molecular weight is 288 g/mol. The topological polar surface area (TPSA) is 24.7 Å². The molecule has 0 aromatic carbocycles. The Bertz CT molecular complexity index is 813. The van der Waals surface area contributed by atoms with Crippen molar-refractivity contribution in [3.05, 3.63) is 70.0 Å². The van der Waals surface area contributed by atoms with E-state index in [0.29, 0.717) is 0 Å². The number of hydrogen-bond acceptors (Lipinski definition) is 2. The average Bonchev–Trinajstić information content (AvgIpc) is 2.54. The third-order valence-corrected chi connectivity index (χ3v) is 6.49. The second kappa shape index (κ2) is 3.87. The zero-order chi connectivity index (χ0) is 14.9. The number of hydrogen-bond donors (Lipinski definition) is 0. The van der Waals surface area contributed by atoms with Gasteiger partial charge in [0.05, 0.1) is 12.2 Å². The minimum absolute atomic E-state index is 0.00667. The van der Waals surface area contributed by atoms with Crippen LogP contribution >= 0.6 is 0 Å².